The molecule has 2 aromatic rings. The Morgan fingerprint density at radius 3 is 1.70 bits per heavy atom. The highest BCUT2D eigenvalue weighted by Crippen LogP contribution is 2.04. The third-order valence-electron chi connectivity index (χ3n) is 2.85. The number of rotatable bonds is 0. The van der Waals surface area contributed by atoms with Crippen molar-refractivity contribution in [1.82, 2.24) is 14.0 Å². The first-order chi connectivity index (χ1) is 9.49. The highest BCUT2D eigenvalue weighted by Gasteiger charge is 2.06. The van der Waals surface area contributed by atoms with Crippen LogP contribution in [0.3, 0.4) is 0 Å². The summed E-state index contributed by atoms with van der Waals surface area (Å²) in [6.45, 7) is 4.14. The molecule has 0 N–H and O–H groups in total. The third kappa shape index (κ3) is 6.07. The molecule has 3 heterocycles. The molecule has 20 heavy (non-hydrogen) atoms. The van der Waals surface area contributed by atoms with Crippen LogP contribution in [-0.4, -0.2) is 21.1 Å². The molecule has 2 aromatic heterocycles. The zero-order valence-electron chi connectivity index (χ0n) is 13.0. The predicted octanol–water partition coefficient (Wildman–Crippen LogP) is 3.51. The van der Waals surface area contributed by atoms with Gasteiger partial charge >= 0.3 is 0 Å². The van der Waals surface area contributed by atoms with Crippen molar-refractivity contribution in [2.75, 3.05) is 7.05 Å². The summed E-state index contributed by atoms with van der Waals surface area (Å²) in [5.74, 6) is 0. The standard InChI is InChI=1S/C6H8N.C6H9N.C5H7N/c1-6-3-4-7(2)5-6;1-6-4-3-5-7(6)2;1-6-4-2-3-5-6/h3,5H,1-2H3;3-5H,1-2H3;2-5H,1H3/q+1;;. The molecule has 3 rings (SSSR count). The van der Waals surface area contributed by atoms with Gasteiger partial charge in [0, 0.05) is 52.4 Å². The maximum absolute atomic E-state index is 2.98. The molecule has 1 aliphatic rings. The van der Waals surface area contributed by atoms with Gasteiger partial charge in [-0.15, -0.1) is 0 Å². The number of hydrogen-bond acceptors (Lipinski definition) is 1. The van der Waals surface area contributed by atoms with Gasteiger partial charge in [0.25, 0.3) is 0 Å². The molecule has 1 aliphatic heterocycles. The van der Waals surface area contributed by atoms with E-state index < -0.39 is 0 Å². The van der Waals surface area contributed by atoms with E-state index in [4.69, 9.17) is 0 Å². The van der Waals surface area contributed by atoms with Crippen molar-refractivity contribution >= 4 is 0 Å². The lowest BCUT2D eigenvalue weighted by atomic mass is 10.4. The van der Waals surface area contributed by atoms with Crippen LogP contribution in [0.1, 0.15) is 12.6 Å². The normalized spacial score (nSPS) is 11.8. The van der Waals surface area contributed by atoms with Crippen LogP contribution in [0.2, 0.25) is 0 Å². The van der Waals surface area contributed by atoms with Gasteiger partial charge in [-0.2, -0.15) is 4.90 Å². The first-order valence-corrected chi connectivity index (χ1v) is 6.64. The van der Waals surface area contributed by atoms with Crippen molar-refractivity contribution < 1.29 is 0 Å². The Kier molecular flexibility index (Phi) is 6.34. The molecule has 3 heteroatoms. The fourth-order valence-corrected chi connectivity index (χ4v) is 1.55. The van der Waals surface area contributed by atoms with E-state index in [2.05, 4.69) is 30.7 Å². The van der Waals surface area contributed by atoms with E-state index in [0.717, 1.165) is 0 Å². The molecular weight excluding hydrogens is 246 g/mol. The summed E-state index contributed by atoms with van der Waals surface area (Å²) in [7, 11) is 6.00. The van der Waals surface area contributed by atoms with Crippen LogP contribution < -0.4 is 0 Å². The molecule has 0 unspecified atom stereocenters. The monoisotopic (exact) mass is 270 g/mol. The van der Waals surface area contributed by atoms with Gasteiger partial charge in [0.15, 0.2) is 6.20 Å². The van der Waals surface area contributed by atoms with E-state index in [9.17, 15) is 0 Å². The van der Waals surface area contributed by atoms with E-state index in [-0.39, 0.29) is 0 Å². The second-order valence-electron chi connectivity index (χ2n) is 4.87. The van der Waals surface area contributed by atoms with Crippen LogP contribution in [0, 0.1) is 13.1 Å². The zero-order chi connectivity index (χ0) is 15.0. The lowest BCUT2D eigenvalue weighted by Gasteiger charge is -1.89. The predicted molar refractivity (Wildman–Crippen MR) is 84.9 cm³/mol. The van der Waals surface area contributed by atoms with Gasteiger partial charge in [-0.25, -0.2) is 0 Å². The second kappa shape index (κ2) is 8.03. The molecule has 0 bridgehead atoms. The van der Waals surface area contributed by atoms with Crippen molar-refractivity contribution in [2.24, 2.45) is 14.1 Å². The largest absolute Gasteiger partial charge is 0.357 e. The van der Waals surface area contributed by atoms with Crippen molar-refractivity contribution in [3.05, 3.63) is 72.6 Å². The zero-order valence-corrected chi connectivity index (χ0v) is 13.0. The van der Waals surface area contributed by atoms with Gasteiger partial charge < -0.3 is 9.13 Å². The maximum Gasteiger partial charge on any atom is 0.158 e. The molecule has 0 saturated heterocycles. The Balaban J connectivity index is 0.000000151. The summed E-state index contributed by atoms with van der Waals surface area (Å²) in [6, 6.07) is 8.12. The molecule has 0 radical (unpaired) electrons. The molecule has 3 nitrogen and oxygen atoms in total. The summed E-state index contributed by atoms with van der Waals surface area (Å²) >= 11 is 0. The molecular formula is C17H24N3+. The highest BCUT2D eigenvalue weighted by molar-refractivity contribution is 5.18. The minimum Gasteiger partial charge on any atom is -0.357 e. The molecule has 0 aromatic carbocycles. The quantitative estimate of drug-likeness (QED) is 0.668. The summed E-state index contributed by atoms with van der Waals surface area (Å²) in [4.78, 5) is 1.91. The number of allylic oxidation sites excluding steroid dienone is 2. The smallest absolute Gasteiger partial charge is 0.158 e. The molecule has 0 atom stereocenters. The molecule has 106 valence electrons. The number of aryl methyl sites for hydroxylation is 3. The highest BCUT2D eigenvalue weighted by atomic mass is 15.1. The van der Waals surface area contributed by atoms with Gasteiger partial charge in [-0.05, 0) is 31.2 Å². The van der Waals surface area contributed by atoms with Crippen molar-refractivity contribution in [1.29, 1.82) is 0 Å². The Morgan fingerprint density at radius 2 is 1.55 bits per heavy atom. The van der Waals surface area contributed by atoms with Crippen LogP contribution >= 0.6 is 0 Å². The Bertz CT molecular complexity index is 528. The number of hydrogen-bond donors (Lipinski definition) is 0. The van der Waals surface area contributed by atoms with Gasteiger partial charge in [0.1, 0.15) is 17.8 Å². The fraction of sp³-hybridized carbons (Fsp3) is 0.294. The van der Waals surface area contributed by atoms with E-state index in [0.29, 0.717) is 0 Å². The SMILES string of the molecule is CC1=CN(C)[C+]=C1.Cc1cccn1C.Cn1cccc1. The maximum atomic E-state index is 2.98. The van der Waals surface area contributed by atoms with Crippen LogP contribution in [-0.2, 0) is 14.1 Å². The van der Waals surface area contributed by atoms with Gasteiger partial charge in [-0.3, -0.25) is 0 Å². The van der Waals surface area contributed by atoms with Gasteiger partial charge in [0.2, 0.25) is 0 Å². The topological polar surface area (TPSA) is 13.1 Å². The van der Waals surface area contributed by atoms with Crippen LogP contribution in [0.15, 0.2) is 60.7 Å². The minimum absolute atomic E-state index is 1.27. The molecule has 0 saturated carbocycles. The summed E-state index contributed by atoms with van der Waals surface area (Å²) in [6.07, 6.45) is 13.0. The van der Waals surface area contributed by atoms with E-state index >= 15 is 0 Å². The molecule has 0 fully saturated rings. The molecule has 0 spiro atoms. The minimum atomic E-state index is 1.27. The lowest BCUT2D eigenvalue weighted by molar-refractivity contribution is 0.611. The summed E-state index contributed by atoms with van der Waals surface area (Å²) in [5.41, 5.74) is 2.57. The summed E-state index contributed by atoms with van der Waals surface area (Å²) < 4.78 is 4.08. The van der Waals surface area contributed by atoms with Crippen LogP contribution in [0.5, 0.6) is 0 Å². The second-order valence-corrected chi connectivity index (χ2v) is 4.87. The van der Waals surface area contributed by atoms with E-state index in [1.54, 1.807) is 0 Å². The van der Waals surface area contributed by atoms with Crippen LogP contribution in [0.4, 0.5) is 0 Å². The Morgan fingerprint density at radius 1 is 0.900 bits per heavy atom. The Hall–Kier alpha value is -2.25. The van der Waals surface area contributed by atoms with E-state index in [1.807, 2.05) is 79.7 Å². The summed E-state index contributed by atoms with van der Waals surface area (Å²) in [5, 5.41) is 0. The lowest BCUT2D eigenvalue weighted by Crippen LogP contribution is -1.95. The Labute approximate surface area is 122 Å². The van der Waals surface area contributed by atoms with E-state index in [1.165, 1.54) is 11.3 Å². The average molecular weight is 270 g/mol. The van der Waals surface area contributed by atoms with Crippen molar-refractivity contribution in [3.8, 4) is 0 Å². The third-order valence-corrected chi connectivity index (χ3v) is 2.85. The number of aromatic nitrogens is 2. The van der Waals surface area contributed by atoms with Crippen LogP contribution in [0.25, 0.3) is 0 Å². The first kappa shape index (κ1) is 15.8. The van der Waals surface area contributed by atoms with Crippen molar-refractivity contribution in [3.63, 3.8) is 0 Å². The van der Waals surface area contributed by atoms with Gasteiger partial charge in [0.05, 0.1) is 0 Å². The fourth-order valence-electron chi connectivity index (χ4n) is 1.55. The van der Waals surface area contributed by atoms with Crippen molar-refractivity contribution in [2.45, 2.75) is 13.8 Å². The average Bonchev–Trinajstić information content (AvgIpc) is 3.09. The number of nitrogens with zero attached hydrogens (tertiary/aromatic N) is 3. The first-order valence-electron chi connectivity index (χ1n) is 6.64. The molecule has 0 amide bonds. The van der Waals surface area contributed by atoms with Gasteiger partial charge in [-0.1, -0.05) is 0 Å². The molecule has 0 aliphatic carbocycles.